The molecule has 0 saturated carbocycles. The molecule has 0 spiro atoms. The summed E-state index contributed by atoms with van der Waals surface area (Å²) in [6, 6.07) is 5.22. The number of nitrogens with one attached hydrogen (secondary N) is 3. The van der Waals surface area contributed by atoms with Crippen LogP contribution in [-0.2, 0) is 9.53 Å². The Morgan fingerprint density at radius 2 is 1.97 bits per heavy atom. The minimum absolute atomic E-state index is 0.0405. The van der Waals surface area contributed by atoms with Gasteiger partial charge in [0, 0.05) is 30.4 Å². The van der Waals surface area contributed by atoms with Gasteiger partial charge in [0.2, 0.25) is 0 Å². The molecule has 0 unspecified atom stereocenters. The highest BCUT2D eigenvalue weighted by Gasteiger charge is 2.17. The number of rotatable bonds is 13. The van der Waals surface area contributed by atoms with Gasteiger partial charge in [0.25, 0.3) is 5.91 Å². The van der Waals surface area contributed by atoms with Crippen molar-refractivity contribution < 1.29 is 28.8 Å². The van der Waals surface area contributed by atoms with Gasteiger partial charge < -0.3 is 34.7 Å². The number of benzene rings is 1. The van der Waals surface area contributed by atoms with Crippen LogP contribution in [0.5, 0.6) is 17.2 Å². The summed E-state index contributed by atoms with van der Waals surface area (Å²) in [4.78, 5) is 21.1. The average Bonchev–Trinajstić information content (AvgIpc) is 2.89. The van der Waals surface area contributed by atoms with Gasteiger partial charge in [-0.25, -0.2) is 4.99 Å². The van der Waals surface area contributed by atoms with E-state index in [0.717, 1.165) is 0 Å². The molecular weight excluding hydrogens is 466 g/mol. The number of fused-ring (bicyclic) bond motifs is 1. The lowest BCUT2D eigenvalue weighted by Crippen LogP contribution is -2.36. The first-order valence-electron chi connectivity index (χ1n) is 11.1. The van der Waals surface area contributed by atoms with Gasteiger partial charge in [-0.15, -0.1) is 0 Å². The van der Waals surface area contributed by atoms with Crippen molar-refractivity contribution in [3.8, 4) is 17.2 Å². The van der Waals surface area contributed by atoms with Gasteiger partial charge >= 0.3 is 0 Å². The fourth-order valence-electron chi connectivity index (χ4n) is 2.90. The van der Waals surface area contributed by atoms with Crippen LogP contribution in [0.25, 0.3) is 10.9 Å². The smallest absolute Gasteiger partial charge is 0.278 e. The highest BCUT2D eigenvalue weighted by atomic mass is 16.5. The molecule has 192 valence electrons. The van der Waals surface area contributed by atoms with Crippen LogP contribution in [0.1, 0.15) is 13.8 Å². The van der Waals surface area contributed by atoms with E-state index in [-0.39, 0.29) is 31.4 Å². The van der Waals surface area contributed by atoms with E-state index in [1.54, 1.807) is 64.6 Å². The van der Waals surface area contributed by atoms with E-state index in [9.17, 15) is 4.79 Å². The minimum atomic E-state index is -0.715. The summed E-state index contributed by atoms with van der Waals surface area (Å²) in [6.45, 7) is 3.93. The lowest BCUT2D eigenvalue weighted by Gasteiger charge is -2.11. The van der Waals surface area contributed by atoms with Crippen molar-refractivity contribution >= 4 is 28.4 Å². The summed E-state index contributed by atoms with van der Waals surface area (Å²) in [5.41, 5.74) is 0.265. The molecule has 4 N–H and O–H groups in total. The SMILES string of the molecule is C\C=C/C(=N\C=C\Oc1ccnc2cc(OC)c(OC)cc12)NC(=O)C(=N)/C(=C\NCCO)OCC. The molecule has 0 bridgehead atoms. The number of nitrogens with zero attached hydrogens (tertiary/aromatic N) is 2. The molecule has 11 heteroatoms. The Morgan fingerprint density at radius 3 is 2.64 bits per heavy atom. The first-order chi connectivity index (χ1) is 17.5. The number of hydrogen-bond donors (Lipinski definition) is 4. The van der Waals surface area contributed by atoms with Crippen molar-refractivity contribution in [1.29, 1.82) is 5.41 Å². The second-order valence-electron chi connectivity index (χ2n) is 6.90. The van der Waals surface area contributed by atoms with Crippen molar-refractivity contribution in [2.75, 3.05) is 34.0 Å². The van der Waals surface area contributed by atoms with Crippen LogP contribution in [0.3, 0.4) is 0 Å². The molecule has 2 rings (SSSR count). The molecule has 0 aliphatic carbocycles. The molecule has 1 amide bonds. The lowest BCUT2D eigenvalue weighted by molar-refractivity contribution is -0.113. The van der Waals surface area contributed by atoms with E-state index in [1.165, 1.54) is 18.7 Å². The normalized spacial score (nSPS) is 12.1. The van der Waals surface area contributed by atoms with Gasteiger partial charge in [-0.05, 0) is 32.1 Å². The number of pyridine rings is 1. The van der Waals surface area contributed by atoms with Gasteiger partial charge in [-0.1, -0.05) is 6.08 Å². The van der Waals surface area contributed by atoms with E-state index < -0.39 is 11.6 Å². The Labute approximate surface area is 209 Å². The molecule has 1 heterocycles. The maximum Gasteiger partial charge on any atom is 0.278 e. The molecule has 0 atom stereocenters. The summed E-state index contributed by atoms with van der Waals surface area (Å²) >= 11 is 0. The third-order valence-electron chi connectivity index (χ3n) is 4.51. The Balaban J connectivity index is 2.16. The van der Waals surface area contributed by atoms with Crippen LogP contribution in [0, 0.1) is 5.41 Å². The maximum absolute atomic E-state index is 12.6. The van der Waals surface area contributed by atoms with E-state index in [2.05, 4.69) is 20.6 Å². The number of ether oxygens (including phenoxy) is 4. The number of methoxy groups -OCH3 is 2. The lowest BCUT2D eigenvalue weighted by atomic mass is 10.2. The quantitative estimate of drug-likeness (QED) is 0.143. The molecule has 0 aliphatic heterocycles. The van der Waals surface area contributed by atoms with Crippen LogP contribution in [0.4, 0.5) is 0 Å². The van der Waals surface area contributed by atoms with Gasteiger partial charge in [-0.2, -0.15) is 0 Å². The number of aliphatic hydroxyl groups excluding tert-OH is 1. The molecule has 1 aromatic heterocycles. The second kappa shape index (κ2) is 14.8. The number of hydrogen-bond acceptors (Lipinski definition) is 10. The Bertz CT molecular complexity index is 1170. The third-order valence-corrected chi connectivity index (χ3v) is 4.51. The van der Waals surface area contributed by atoms with E-state index in [0.29, 0.717) is 28.2 Å². The number of carbonyl (C=O) groups is 1. The summed E-state index contributed by atoms with van der Waals surface area (Å²) in [5.74, 6) is 1.13. The van der Waals surface area contributed by atoms with Crippen molar-refractivity contribution in [2.24, 2.45) is 4.99 Å². The number of carbonyl (C=O) groups excluding carboxylic acids is 1. The fourth-order valence-corrected chi connectivity index (χ4v) is 2.90. The topological polar surface area (TPSA) is 147 Å². The van der Waals surface area contributed by atoms with Crippen LogP contribution >= 0.6 is 0 Å². The second-order valence-corrected chi connectivity index (χ2v) is 6.90. The van der Waals surface area contributed by atoms with Gasteiger partial charge in [0.15, 0.2) is 23.0 Å². The summed E-state index contributed by atoms with van der Waals surface area (Å²) < 4.78 is 21.8. The molecule has 0 fully saturated rings. The number of aromatic nitrogens is 1. The predicted molar refractivity (Wildman–Crippen MR) is 138 cm³/mol. The van der Waals surface area contributed by atoms with Crippen molar-refractivity contribution in [2.45, 2.75) is 13.8 Å². The molecule has 0 radical (unpaired) electrons. The first-order valence-corrected chi connectivity index (χ1v) is 11.1. The number of aliphatic hydroxyl groups is 1. The van der Waals surface area contributed by atoms with Gasteiger partial charge in [0.1, 0.15) is 17.8 Å². The minimum Gasteiger partial charge on any atom is -0.493 e. The van der Waals surface area contributed by atoms with Crippen LogP contribution in [0.15, 0.2) is 66.0 Å². The van der Waals surface area contributed by atoms with Crippen LogP contribution in [-0.4, -0.2) is 61.5 Å². The maximum atomic E-state index is 12.6. The van der Waals surface area contributed by atoms with Crippen LogP contribution < -0.4 is 24.8 Å². The number of aliphatic imine (C=N–C) groups is 1. The van der Waals surface area contributed by atoms with Crippen molar-refractivity contribution in [3.05, 3.63) is 61.0 Å². The number of allylic oxidation sites excluding steroid dienone is 1. The molecule has 11 nitrogen and oxygen atoms in total. The largest absolute Gasteiger partial charge is 0.493 e. The molecule has 0 saturated heterocycles. The predicted octanol–water partition coefficient (Wildman–Crippen LogP) is 2.67. The molecule has 1 aromatic carbocycles. The average molecular weight is 498 g/mol. The monoisotopic (exact) mass is 497 g/mol. The molecule has 36 heavy (non-hydrogen) atoms. The highest BCUT2D eigenvalue weighted by molar-refractivity contribution is 6.45. The zero-order valence-corrected chi connectivity index (χ0v) is 20.7. The third kappa shape index (κ3) is 7.84. The van der Waals surface area contributed by atoms with E-state index >= 15 is 0 Å². The number of amidine groups is 1. The summed E-state index contributed by atoms with van der Waals surface area (Å²) in [5, 5.41) is 23.1. The summed E-state index contributed by atoms with van der Waals surface area (Å²) in [6.07, 6.45) is 8.96. The Morgan fingerprint density at radius 1 is 1.22 bits per heavy atom. The number of amides is 1. The van der Waals surface area contributed by atoms with Crippen LogP contribution in [0.2, 0.25) is 0 Å². The van der Waals surface area contributed by atoms with Gasteiger partial charge in [0.05, 0.1) is 39.2 Å². The fraction of sp³-hybridized carbons (Fsp3) is 0.280. The molecular formula is C25H31N5O6. The zero-order valence-electron chi connectivity index (χ0n) is 20.7. The van der Waals surface area contributed by atoms with Crippen molar-refractivity contribution in [1.82, 2.24) is 15.6 Å². The Kier molecular flexibility index (Phi) is 11.4. The zero-order chi connectivity index (χ0) is 26.3. The van der Waals surface area contributed by atoms with E-state index in [1.807, 2.05) is 0 Å². The van der Waals surface area contributed by atoms with Crippen molar-refractivity contribution in [3.63, 3.8) is 0 Å². The Hall–Kier alpha value is -4.38. The first kappa shape index (κ1) is 27.9. The van der Waals surface area contributed by atoms with E-state index in [4.69, 9.17) is 29.5 Å². The van der Waals surface area contributed by atoms with Gasteiger partial charge in [-0.3, -0.25) is 15.2 Å². The standard InChI is InChI=1S/C25H31N5O6/c1-5-7-23(30-25(32)24(26)22(35-6-2)16-27-10-12-31)29-11-13-36-19-8-9-28-18-15-21(34-4)20(33-3)14-17(18)19/h5,7-9,11,13-16,26-27,31H,6,10,12H2,1-4H3,(H,29,30,32)/b7-5-,13-11+,22-16+,26-24?. The summed E-state index contributed by atoms with van der Waals surface area (Å²) in [7, 11) is 3.10. The molecule has 2 aromatic rings. The highest BCUT2D eigenvalue weighted by Crippen LogP contribution is 2.35. The molecule has 0 aliphatic rings.